The fourth-order valence-corrected chi connectivity index (χ4v) is 2.89. The number of carbonyl (C=O) groups is 2. The van der Waals surface area contributed by atoms with Crippen LogP contribution in [0.3, 0.4) is 0 Å². The quantitative estimate of drug-likeness (QED) is 0.870. The van der Waals surface area contributed by atoms with Crippen molar-refractivity contribution in [3.63, 3.8) is 0 Å². The number of carboxylic acid groups (broad SMARTS) is 1. The number of rotatable bonds is 5. The van der Waals surface area contributed by atoms with Crippen LogP contribution < -0.4 is 0 Å². The topological polar surface area (TPSA) is 70.5 Å². The molecule has 1 unspecified atom stereocenters. The number of alkyl halides is 3. The Balaban J connectivity index is 2.20. The van der Waals surface area contributed by atoms with Gasteiger partial charge in [0.15, 0.2) is 0 Å². The van der Waals surface area contributed by atoms with Crippen molar-refractivity contribution in [2.24, 2.45) is 5.92 Å². The van der Waals surface area contributed by atoms with Crippen LogP contribution in [0.25, 0.3) is 10.6 Å². The molecule has 25 heavy (non-hydrogen) atoms. The molecule has 0 saturated heterocycles. The summed E-state index contributed by atoms with van der Waals surface area (Å²) in [4.78, 5) is 28.4. The van der Waals surface area contributed by atoms with E-state index in [1.807, 2.05) is 0 Å². The zero-order valence-electron chi connectivity index (χ0n) is 13.4. The van der Waals surface area contributed by atoms with Gasteiger partial charge in [-0.1, -0.05) is 19.1 Å². The third-order valence-electron chi connectivity index (χ3n) is 3.48. The molecule has 0 aliphatic carbocycles. The van der Waals surface area contributed by atoms with E-state index in [2.05, 4.69) is 4.98 Å². The van der Waals surface area contributed by atoms with Crippen LogP contribution in [0.5, 0.6) is 0 Å². The van der Waals surface area contributed by atoms with Crippen molar-refractivity contribution in [1.29, 1.82) is 0 Å². The molecule has 0 spiro atoms. The van der Waals surface area contributed by atoms with E-state index in [9.17, 15) is 22.8 Å². The van der Waals surface area contributed by atoms with E-state index in [1.54, 1.807) is 0 Å². The van der Waals surface area contributed by atoms with Gasteiger partial charge in [0.1, 0.15) is 10.7 Å². The molecule has 0 radical (unpaired) electrons. The molecule has 2 aromatic rings. The van der Waals surface area contributed by atoms with Gasteiger partial charge in [-0.2, -0.15) is 13.2 Å². The van der Waals surface area contributed by atoms with E-state index in [4.69, 9.17) is 5.11 Å². The van der Waals surface area contributed by atoms with Crippen molar-refractivity contribution < 1.29 is 27.9 Å². The average Bonchev–Trinajstić information content (AvgIpc) is 3.03. The van der Waals surface area contributed by atoms with Gasteiger partial charge in [-0.05, 0) is 12.1 Å². The van der Waals surface area contributed by atoms with Gasteiger partial charge in [-0.15, -0.1) is 11.3 Å². The molecule has 134 valence electrons. The largest absolute Gasteiger partial charge is 0.481 e. The van der Waals surface area contributed by atoms with Gasteiger partial charge in [0.2, 0.25) is 0 Å². The Hall–Kier alpha value is -2.42. The fourth-order valence-electron chi connectivity index (χ4n) is 2.10. The second kappa shape index (κ2) is 7.22. The number of aliphatic carboxylic acids is 1. The van der Waals surface area contributed by atoms with Gasteiger partial charge in [-0.25, -0.2) is 4.98 Å². The number of benzene rings is 1. The van der Waals surface area contributed by atoms with E-state index in [0.29, 0.717) is 0 Å². The minimum atomic E-state index is -4.46. The zero-order chi connectivity index (χ0) is 18.8. The Morgan fingerprint density at radius 2 is 2.04 bits per heavy atom. The smallest absolute Gasteiger partial charge is 0.416 e. The van der Waals surface area contributed by atoms with Crippen LogP contribution in [-0.2, 0) is 11.0 Å². The zero-order valence-corrected chi connectivity index (χ0v) is 14.2. The standard InChI is InChI=1S/C16H15F3N2O3S/c1-9(15(23)24)7-21(2)14(22)12-8-25-13(20-12)10-4-3-5-11(6-10)16(17,18)19/h3-6,8-9H,7H2,1-2H3,(H,23,24). The molecule has 0 aliphatic rings. The van der Waals surface area contributed by atoms with Gasteiger partial charge >= 0.3 is 12.1 Å². The molecule has 1 N–H and O–H groups in total. The minimum absolute atomic E-state index is 0.00455. The summed E-state index contributed by atoms with van der Waals surface area (Å²) in [6.45, 7) is 1.48. The lowest BCUT2D eigenvalue weighted by molar-refractivity contribution is -0.141. The van der Waals surface area contributed by atoms with Crippen LogP contribution >= 0.6 is 11.3 Å². The highest BCUT2D eigenvalue weighted by Gasteiger charge is 2.30. The van der Waals surface area contributed by atoms with E-state index in [0.717, 1.165) is 23.5 Å². The maximum Gasteiger partial charge on any atom is 0.416 e. The van der Waals surface area contributed by atoms with Gasteiger partial charge < -0.3 is 10.0 Å². The molecule has 1 aromatic carbocycles. The summed E-state index contributed by atoms with van der Waals surface area (Å²) >= 11 is 1.05. The van der Waals surface area contributed by atoms with E-state index in [1.165, 1.54) is 36.4 Å². The van der Waals surface area contributed by atoms with E-state index >= 15 is 0 Å². The number of carboxylic acids is 1. The van der Waals surface area contributed by atoms with E-state index in [-0.39, 0.29) is 22.8 Å². The van der Waals surface area contributed by atoms with Gasteiger partial charge in [0.05, 0.1) is 11.5 Å². The summed E-state index contributed by atoms with van der Waals surface area (Å²) < 4.78 is 38.4. The number of amides is 1. The summed E-state index contributed by atoms with van der Waals surface area (Å²) in [5.41, 5.74) is -0.460. The van der Waals surface area contributed by atoms with Crippen molar-refractivity contribution in [3.05, 3.63) is 40.9 Å². The molecule has 1 aromatic heterocycles. The van der Waals surface area contributed by atoms with Crippen molar-refractivity contribution >= 4 is 23.2 Å². The number of carbonyl (C=O) groups excluding carboxylic acids is 1. The van der Waals surface area contributed by atoms with Crippen LogP contribution in [0, 0.1) is 5.92 Å². The van der Waals surface area contributed by atoms with Crippen LogP contribution in [0.2, 0.25) is 0 Å². The Morgan fingerprint density at radius 1 is 1.36 bits per heavy atom. The number of halogens is 3. The number of nitrogens with zero attached hydrogens (tertiary/aromatic N) is 2. The molecule has 0 bridgehead atoms. The molecular formula is C16H15F3N2O3S. The summed E-state index contributed by atoms with van der Waals surface area (Å²) in [5.74, 6) is -2.25. The predicted molar refractivity (Wildman–Crippen MR) is 86.3 cm³/mol. The molecule has 0 saturated carbocycles. The second-order valence-electron chi connectivity index (χ2n) is 5.54. The Labute approximate surface area is 145 Å². The van der Waals surface area contributed by atoms with E-state index < -0.39 is 29.5 Å². The van der Waals surface area contributed by atoms with Crippen LogP contribution in [0.15, 0.2) is 29.6 Å². The number of hydrogen-bond donors (Lipinski definition) is 1. The third kappa shape index (κ3) is 4.56. The normalized spacial score (nSPS) is 12.7. The number of hydrogen-bond acceptors (Lipinski definition) is 4. The number of thiazole rings is 1. The SMILES string of the molecule is CC(CN(C)C(=O)c1csc(-c2cccc(C(F)(F)F)c2)n1)C(=O)O. The molecule has 0 fully saturated rings. The summed E-state index contributed by atoms with van der Waals surface area (Å²) in [6, 6.07) is 4.70. The summed E-state index contributed by atoms with van der Waals surface area (Å²) in [5, 5.41) is 10.6. The van der Waals surface area contributed by atoms with Crippen LogP contribution in [-0.4, -0.2) is 40.5 Å². The highest BCUT2D eigenvalue weighted by atomic mass is 32.1. The van der Waals surface area contributed by atoms with Gasteiger partial charge in [0.25, 0.3) is 5.91 Å². The molecule has 1 heterocycles. The molecule has 9 heteroatoms. The maximum absolute atomic E-state index is 12.8. The van der Waals surface area contributed by atoms with Crippen molar-refractivity contribution in [2.45, 2.75) is 13.1 Å². The molecule has 2 rings (SSSR count). The molecule has 1 atom stereocenters. The monoisotopic (exact) mass is 372 g/mol. The summed E-state index contributed by atoms with van der Waals surface area (Å²) in [6.07, 6.45) is -4.46. The Bertz CT molecular complexity index is 789. The predicted octanol–water partition coefficient (Wildman–Crippen LogP) is 3.62. The lowest BCUT2D eigenvalue weighted by atomic mass is 10.1. The molecule has 1 amide bonds. The molecular weight excluding hydrogens is 357 g/mol. The first-order chi connectivity index (χ1) is 11.6. The fraction of sp³-hybridized carbons (Fsp3) is 0.312. The second-order valence-corrected chi connectivity index (χ2v) is 6.40. The van der Waals surface area contributed by atoms with Crippen molar-refractivity contribution in [3.8, 4) is 10.6 Å². The maximum atomic E-state index is 12.8. The highest BCUT2D eigenvalue weighted by Crippen LogP contribution is 2.33. The number of aromatic nitrogens is 1. The lowest BCUT2D eigenvalue weighted by Gasteiger charge is -2.18. The molecule has 5 nitrogen and oxygen atoms in total. The Kier molecular flexibility index (Phi) is 5.46. The first kappa shape index (κ1) is 18.9. The Morgan fingerprint density at radius 3 is 2.64 bits per heavy atom. The van der Waals surface area contributed by atoms with Gasteiger partial charge in [-0.3, -0.25) is 9.59 Å². The van der Waals surface area contributed by atoms with Crippen molar-refractivity contribution in [1.82, 2.24) is 9.88 Å². The average molecular weight is 372 g/mol. The van der Waals surface area contributed by atoms with Crippen LogP contribution in [0.4, 0.5) is 13.2 Å². The van der Waals surface area contributed by atoms with Crippen LogP contribution in [0.1, 0.15) is 23.0 Å². The summed E-state index contributed by atoms with van der Waals surface area (Å²) in [7, 11) is 1.45. The van der Waals surface area contributed by atoms with Gasteiger partial charge in [0, 0.05) is 24.5 Å². The van der Waals surface area contributed by atoms with Crippen molar-refractivity contribution in [2.75, 3.05) is 13.6 Å². The molecule has 0 aliphatic heterocycles. The lowest BCUT2D eigenvalue weighted by Crippen LogP contribution is -2.33. The minimum Gasteiger partial charge on any atom is -0.481 e. The first-order valence-electron chi connectivity index (χ1n) is 7.21. The first-order valence-corrected chi connectivity index (χ1v) is 8.09. The highest BCUT2D eigenvalue weighted by molar-refractivity contribution is 7.13. The third-order valence-corrected chi connectivity index (χ3v) is 4.37.